The Hall–Kier alpha value is -3.42. The maximum absolute atomic E-state index is 12.7. The number of nitrogen functional groups attached to an aromatic ring is 1. The van der Waals surface area contributed by atoms with Gasteiger partial charge in [0, 0.05) is 36.0 Å². The largest absolute Gasteiger partial charge is 0.508 e. The van der Waals surface area contributed by atoms with Crippen molar-refractivity contribution in [3.8, 4) is 5.75 Å². The Morgan fingerprint density at radius 1 is 1.12 bits per heavy atom. The minimum atomic E-state index is -0.693. The molecule has 34 heavy (non-hydrogen) atoms. The number of hydrogen-bond donors (Lipinski definition) is 5. The third-order valence-corrected chi connectivity index (χ3v) is 5.76. The van der Waals surface area contributed by atoms with Crippen LogP contribution in [0.15, 0.2) is 60.8 Å². The van der Waals surface area contributed by atoms with Crippen LogP contribution in [0.1, 0.15) is 52.6 Å². The first kappa shape index (κ1) is 25.2. The molecule has 1 atom stereocenters. The number of aliphatic hydroxyl groups excluding tert-OH is 1. The van der Waals surface area contributed by atoms with Gasteiger partial charge in [0.25, 0.3) is 5.91 Å². The summed E-state index contributed by atoms with van der Waals surface area (Å²) in [5, 5.41) is 26.5. The number of carbonyl (C=O) groups excluding carboxylic acids is 1. The number of pyridine rings is 1. The lowest BCUT2D eigenvalue weighted by Gasteiger charge is -2.28. The van der Waals surface area contributed by atoms with Gasteiger partial charge in [-0.3, -0.25) is 4.79 Å². The number of aryl methyl sites for hydroxylation is 1. The molecule has 3 aromatic rings. The van der Waals surface area contributed by atoms with Gasteiger partial charge in [0.1, 0.15) is 11.6 Å². The van der Waals surface area contributed by atoms with E-state index in [0.717, 1.165) is 16.7 Å². The van der Waals surface area contributed by atoms with Crippen LogP contribution < -0.4 is 16.4 Å². The highest BCUT2D eigenvalue weighted by Crippen LogP contribution is 2.18. The Labute approximate surface area is 201 Å². The number of nitrogens with two attached hydrogens (primary N) is 1. The number of aromatic hydroxyl groups is 1. The topological polar surface area (TPSA) is 120 Å². The summed E-state index contributed by atoms with van der Waals surface area (Å²) in [4.78, 5) is 16.7. The molecule has 0 aliphatic heterocycles. The van der Waals surface area contributed by atoms with E-state index < -0.39 is 6.10 Å². The number of carbonyl (C=O) groups is 1. The second-order valence-corrected chi connectivity index (χ2v) is 9.30. The molecule has 1 heterocycles. The van der Waals surface area contributed by atoms with Crippen LogP contribution in [0.2, 0.25) is 0 Å². The molecule has 0 saturated carbocycles. The van der Waals surface area contributed by atoms with E-state index in [4.69, 9.17) is 5.73 Å². The van der Waals surface area contributed by atoms with E-state index in [1.165, 1.54) is 0 Å². The lowest BCUT2D eigenvalue weighted by Crippen LogP contribution is -2.43. The summed E-state index contributed by atoms with van der Waals surface area (Å²) in [5.74, 6) is 0.580. The molecule has 0 aliphatic carbocycles. The van der Waals surface area contributed by atoms with Gasteiger partial charge in [-0.25, -0.2) is 4.98 Å². The van der Waals surface area contributed by atoms with Crippen LogP contribution in [0.4, 0.5) is 5.82 Å². The number of aromatic nitrogens is 1. The van der Waals surface area contributed by atoms with Crippen molar-refractivity contribution in [1.29, 1.82) is 0 Å². The quantitative estimate of drug-likeness (QED) is 0.315. The van der Waals surface area contributed by atoms with Gasteiger partial charge in [0.2, 0.25) is 0 Å². The van der Waals surface area contributed by atoms with Gasteiger partial charge in [-0.1, -0.05) is 30.3 Å². The van der Waals surface area contributed by atoms with E-state index in [1.807, 2.05) is 43.3 Å². The van der Waals surface area contributed by atoms with Crippen LogP contribution >= 0.6 is 0 Å². The number of hydrogen-bond acceptors (Lipinski definition) is 6. The molecule has 7 heteroatoms. The predicted molar refractivity (Wildman–Crippen MR) is 135 cm³/mol. The smallest absolute Gasteiger partial charge is 0.251 e. The standard InChI is InChI=1S/C27H34N4O3/c1-18-13-19(7-9-23(18)32)11-12-29-26(34)21-6-4-5-20(14-21)15-27(2,3)31-17-24(33)22-8-10-25(28)30-16-22/h4-10,13-14,16,24,31-33H,11-12,15,17H2,1-3H3,(H2,28,30)(H,29,34)/t24-/m0/s1. The van der Waals surface area contributed by atoms with Crippen molar-refractivity contribution in [3.63, 3.8) is 0 Å². The molecule has 3 rings (SSSR count). The fraction of sp³-hybridized carbons (Fsp3) is 0.333. The van der Waals surface area contributed by atoms with Crippen molar-refractivity contribution >= 4 is 11.7 Å². The van der Waals surface area contributed by atoms with Crippen molar-refractivity contribution in [1.82, 2.24) is 15.6 Å². The number of rotatable bonds is 10. The number of phenols is 1. The number of β-amino-alcohol motifs (C(OH)–C–C–N with tert-alkyl or cyclic N) is 1. The van der Waals surface area contributed by atoms with Crippen LogP contribution in [0.5, 0.6) is 5.75 Å². The van der Waals surface area contributed by atoms with Gasteiger partial charge in [0.15, 0.2) is 0 Å². The molecule has 0 fully saturated rings. The molecule has 1 aromatic heterocycles. The second kappa shape index (κ2) is 11.1. The lowest BCUT2D eigenvalue weighted by atomic mass is 9.93. The summed E-state index contributed by atoms with van der Waals surface area (Å²) in [6, 6.07) is 16.5. The van der Waals surface area contributed by atoms with Crippen molar-refractivity contribution < 1.29 is 15.0 Å². The molecular formula is C27H34N4O3. The van der Waals surface area contributed by atoms with Gasteiger partial charge < -0.3 is 26.6 Å². The van der Waals surface area contributed by atoms with Crippen LogP contribution in [0.3, 0.4) is 0 Å². The molecule has 7 nitrogen and oxygen atoms in total. The summed E-state index contributed by atoms with van der Waals surface area (Å²) in [6.07, 6.45) is 2.27. The number of nitrogens with zero attached hydrogens (tertiary/aromatic N) is 1. The summed E-state index contributed by atoms with van der Waals surface area (Å²) in [5.41, 5.74) is 9.55. The molecule has 0 radical (unpaired) electrons. The van der Waals surface area contributed by atoms with Crippen molar-refractivity contribution in [2.24, 2.45) is 0 Å². The summed E-state index contributed by atoms with van der Waals surface area (Å²) < 4.78 is 0. The van der Waals surface area contributed by atoms with Gasteiger partial charge in [0.05, 0.1) is 6.10 Å². The first-order chi connectivity index (χ1) is 16.1. The predicted octanol–water partition coefficient (Wildman–Crippen LogP) is 3.29. The van der Waals surface area contributed by atoms with Gasteiger partial charge in [-0.05, 0) is 74.6 Å². The number of phenolic OH excluding ortho intramolecular Hbond substituents is 1. The maximum Gasteiger partial charge on any atom is 0.251 e. The fourth-order valence-corrected chi connectivity index (χ4v) is 3.80. The third kappa shape index (κ3) is 7.30. The first-order valence-electron chi connectivity index (χ1n) is 11.4. The Balaban J connectivity index is 1.52. The molecule has 0 unspecified atom stereocenters. The minimum absolute atomic E-state index is 0.116. The summed E-state index contributed by atoms with van der Waals surface area (Å²) in [7, 11) is 0. The van der Waals surface area contributed by atoms with Gasteiger partial charge >= 0.3 is 0 Å². The molecule has 0 bridgehead atoms. The average Bonchev–Trinajstić information content (AvgIpc) is 2.80. The zero-order valence-electron chi connectivity index (χ0n) is 20.0. The molecule has 6 N–H and O–H groups in total. The Kier molecular flexibility index (Phi) is 8.26. The average molecular weight is 463 g/mol. The van der Waals surface area contributed by atoms with Crippen molar-refractivity contribution in [3.05, 3.63) is 88.6 Å². The molecule has 0 aliphatic rings. The number of anilines is 1. The van der Waals surface area contributed by atoms with Crippen LogP contribution in [-0.4, -0.2) is 39.7 Å². The normalized spacial score (nSPS) is 12.4. The zero-order valence-corrected chi connectivity index (χ0v) is 20.0. The van der Waals surface area contributed by atoms with Crippen molar-refractivity contribution in [2.45, 2.75) is 45.3 Å². The number of aliphatic hydroxyl groups is 1. The highest BCUT2D eigenvalue weighted by Gasteiger charge is 2.20. The molecule has 1 amide bonds. The first-order valence-corrected chi connectivity index (χ1v) is 11.4. The Morgan fingerprint density at radius 2 is 1.91 bits per heavy atom. The van der Waals surface area contributed by atoms with Crippen LogP contribution in [-0.2, 0) is 12.8 Å². The van der Waals surface area contributed by atoms with E-state index in [1.54, 1.807) is 24.4 Å². The number of nitrogens with one attached hydrogen (secondary N) is 2. The number of amides is 1. The van der Waals surface area contributed by atoms with Crippen LogP contribution in [0, 0.1) is 6.92 Å². The SMILES string of the molecule is Cc1cc(CCNC(=O)c2cccc(CC(C)(C)NC[C@H](O)c3ccc(N)nc3)c2)ccc1O. The highest BCUT2D eigenvalue weighted by atomic mass is 16.3. The summed E-state index contributed by atoms with van der Waals surface area (Å²) >= 11 is 0. The maximum atomic E-state index is 12.7. The third-order valence-electron chi connectivity index (χ3n) is 5.76. The molecule has 2 aromatic carbocycles. The monoisotopic (exact) mass is 462 g/mol. The van der Waals surface area contributed by atoms with E-state index in [0.29, 0.717) is 42.9 Å². The Bertz CT molecular complexity index is 1110. The minimum Gasteiger partial charge on any atom is -0.508 e. The molecule has 180 valence electrons. The fourth-order valence-electron chi connectivity index (χ4n) is 3.80. The lowest BCUT2D eigenvalue weighted by molar-refractivity contribution is 0.0954. The van der Waals surface area contributed by atoms with Gasteiger partial charge in [-0.2, -0.15) is 0 Å². The summed E-state index contributed by atoms with van der Waals surface area (Å²) in [6.45, 7) is 6.86. The van der Waals surface area contributed by atoms with E-state index in [-0.39, 0.29) is 17.2 Å². The van der Waals surface area contributed by atoms with E-state index in [9.17, 15) is 15.0 Å². The Morgan fingerprint density at radius 3 is 2.62 bits per heavy atom. The highest BCUT2D eigenvalue weighted by molar-refractivity contribution is 5.94. The molecule has 0 spiro atoms. The molecular weight excluding hydrogens is 428 g/mol. The second-order valence-electron chi connectivity index (χ2n) is 9.30. The van der Waals surface area contributed by atoms with Crippen molar-refractivity contribution in [2.75, 3.05) is 18.8 Å². The van der Waals surface area contributed by atoms with E-state index >= 15 is 0 Å². The number of benzene rings is 2. The van der Waals surface area contributed by atoms with Gasteiger partial charge in [-0.15, -0.1) is 0 Å². The van der Waals surface area contributed by atoms with Crippen LogP contribution in [0.25, 0.3) is 0 Å². The van der Waals surface area contributed by atoms with E-state index in [2.05, 4.69) is 29.5 Å². The molecule has 0 saturated heterocycles. The zero-order chi connectivity index (χ0) is 24.7.